The molecular formula is C17H17N3O. The van der Waals surface area contributed by atoms with Crippen molar-refractivity contribution in [1.29, 1.82) is 0 Å². The van der Waals surface area contributed by atoms with Gasteiger partial charge in [-0.25, -0.2) is 5.43 Å². The largest absolute Gasteiger partial charge is 0.289 e. The maximum absolute atomic E-state index is 11.7. The first-order chi connectivity index (χ1) is 10.3. The molecule has 0 aliphatic rings. The third-order valence-corrected chi connectivity index (χ3v) is 2.78. The van der Waals surface area contributed by atoms with E-state index in [-0.39, 0.29) is 5.91 Å². The number of rotatable bonds is 5. The SMILES string of the molecule is C/C(=C\c1ccccc1)C/C=N/NC(=O)c1ccccn1. The third-order valence-electron chi connectivity index (χ3n) is 2.78. The Labute approximate surface area is 124 Å². The Hall–Kier alpha value is -2.75. The molecule has 21 heavy (non-hydrogen) atoms. The van der Waals surface area contributed by atoms with Crippen molar-refractivity contribution in [2.45, 2.75) is 13.3 Å². The minimum Gasteiger partial charge on any atom is -0.266 e. The van der Waals surface area contributed by atoms with Crippen LogP contribution < -0.4 is 5.43 Å². The lowest BCUT2D eigenvalue weighted by atomic mass is 10.1. The molecule has 4 heteroatoms. The number of nitrogens with one attached hydrogen (secondary N) is 1. The molecule has 1 aromatic heterocycles. The fraction of sp³-hybridized carbons (Fsp3) is 0.118. The molecule has 0 fully saturated rings. The number of nitrogens with zero attached hydrogens (tertiary/aromatic N) is 2. The van der Waals surface area contributed by atoms with Gasteiger partial charge in [-0.3, -0.25) is 9.78 Å². The number of hydrogen-bond donors (Lipinski definition) is 1. The van der Waals surface area contributed by atoms with Crippen molar-refractivity contribution >= 4 is 18.2 Å². The Morgan fingerprint density at radius 3 is 2.67 bits per heavy atom. The summed E-state index contributed by atoms with van der Waals surface area (Å²) in [6.07, 6.45) is 6.02. The summed E-state index contributed by atoms with van der Waals surface area (Å²) >= 11 is 0. The molecule has 0 bridgehead atoms. The number of aromatic nitrogens is 1. The number of hydrogen-bond acceptors (Lipinski definition) is 3. The van der Waals surface area contributed by atoms with Crippen LogP contribution in [0.4, 0.5) is 0 Å². The summed E-state index contributed by atoms with van der Waals surface area (Å²) in [7, 11) is 0. The molecule has 1 N–H and O–H groups in total. The molecule has 0 radical (unpaired) electrons. The molecule has 0 saturated heterocycles. The number of pyridine rings is 1. The highest BCUT2D eigenvalue weighted by molar-refractivity contribution is 5.92. The second kappa shape index (κ2) is 7.75. The third kappa shape index (κ3) is 5.03. The van der Waals surface area contributed by atoms with Crippen LogP contribution >= 0.6 is 0 Å². The first-order valence-corrected chi connectivity index (χ1v) is 6.71. The van der Waals surface area contributed by atoms with Gasteiger partial charge in [0.05, 0.1) is 0 Å². The lowest BCUT2D eigenvalue weighted by Crippen LogP contribution is -2.18. The molecule has 2 rings (SSSR count). The minimum atomic E-state index is -0.309. The normalized spacial score (nSPS) is 11.6. The molecule has 0 atom stereocenters. The van der Waals surface area contributed by atoms with Gasteiger partial charge in [0.2, 0.25) is 0 Å². The number of amides is 1. The average Bonchev–Trinajstić information content (AvgIpc) is 2.53. The maximum Gasteiger partial charge on any atom is 0.289 e. The van der Waals surface area contributed by atoms with Crippen LogP contribution in [0.3, 0.4) is 0 Å². The van der Waals surface area contributed by atoms with Crippen molar-refractivity contribution < 1.29 is 4.79 Å². The summed E-state index contributed by atoms with van der Waals surface area (Å²) in [4.78, 5) is 15.6. The van der Waals surface area contributed by atoms with Crippen molar-refractivity contribution in [3.05, 3.63) is 71.6 Å². The van der Waals surface area contributed by atoms with Gasteiger partial charge in [-0.15, -0.1) is 0 Å². The zero-order valence-electron chi connectivity index (χ0n) is 11.9. The van der Waals surface area contributed by atoms with Crippen LogP contribution in [0, 0.1) is 0 Å². The molecular weight excluding hydrogens is 262 g/mol. The van der Waals surface area contributed by atoms with Crippen LogP contribution in [0.15, 0.2) is 65.4 Å². The topological polar surface area (TPSA) is 54.4 Å². The van der Waals surface area contributed by atoms with Gasteiger partial charge in [0.1, 0.15) is 5.69 Å². The summed E-state index contributed by atoms with van der Waals surface area (Å²) in [5, 5.41) is 3.92. The predicted molar refractivity (Wildman–Crippen MR) is 84.9 cm³/mol. The highest BCUT2D eigenvalue weighted by atomic mass is 16.2. The van der Waals surface area contributed by atoms with Gasteiger partial charge in [0.15, 0.2) is 0 Å². The maximum atomic E-state index is 11.7. The molecule has 2 aromatic rings. The number of carbonyl (C=O) groups is 1. The Morgan fingerprint density at radius 1 is 1.19 bits per heavy atom. The van der Waals surface area contributed by atoms with Gasteiger partial charge < -0.3 is 0 Å². The van der Waals surface area contributed by atoms with E-state index in [2.05, 4.69) is 21.6 Å². The molecule has 4 nitrogen and oxygen atoms in total. The number of hydrazone groups is 1. The zero-order chi connectivity index (χ0) is 14.9. The summed E-state index contributed by atoms with van der Waals surface area (Å²) < 4.78 is 0. The van der Waals surface area contributed by atoms with Crippen LogP contribution in [0.1, 0.15) is 29.4 Å². The number of allylic oxidation sites excluding steroid dienone is 1. The van der Waals surface area contributed by atoms with Crippen LogP contribution in [0.25, 0.3) is 6.08 Å². The molecule has 0 saturated carbocycles. The van der Waals surface area contributed by atoms with Crippen molar-refractivity contribution in [3.8, 4) is 0 Å². The second-order valence-electron chi connectivity index (χ2n) is 4.57. The van der Waals surface area contributed by atoms with Crippen molar-refractivity contribution in [1.82, 2.24) is 10.4 Å². The van der Waals surface area contributed by atoms with Crippen LogP contribution in [-0.2, 0) is 0 Å². The smallest absolute Gasteiger partial charge is 0.266 e. The van der Waals surface area contributed by atoms with E-state index in [1.165, 1.54) is 0 Å². The molecule has 0 aliphatic carbocycles. The fourth-order valence-corrected chi connectivity index (χ4v) is 1.74. The molecule has 1 amide bonds. The van der Waals surface area contributed by atoms with Crippen molar-refractivity contribution in [2.24, 2.45) is 5.10 Å². The highest BCUT2D eigenvalue weighted by Gasteiger charge is 2.02. The summed E-state index contributed by atoms with van der Waals surface area (Å²) in [6.45, 7) is 2.03. The first-order valence-electron chi connectivity index (χ1n) is 6.71. The second-order valence-corrected chi connectivity index (χ2v) is 4.57. The van der Waals surface area contributed by atoms with Gasteiger partial charge in [-0.1, -0.05) is 48.0 Å². The monoisotopic (exact) mass is 279 g/mol. The molecule has 0 unspecified atom stereocenters. The average molecular weight is 279 g/mol. The van der Waals surface area contributed by atoms with Crippen LogP contribution in [-0.4, -0.2) is 17.1 Å². The molecule has 0 aliphatic heterocycles. The van der Waals surface area contributed by atoms with E-state index in [1.54, 1.807) is 30.6 Å². The molecule has 1 aromatic carbocycles. The molecule has 1 heterocycles. The minimum absolute atomic E-state index is 0.309. The van der Waals surface area contributed by atoms with Gasteiger partial charge >= 0.3 is 0 Å². The number of benzene rings is 1. The van der Waals surface area contributed by atoms with Crippen molar-refractivity contribution in [3.63, 3.8) is 0 Å². The van der Waals surface area contributed by atoms with Crippen LogP contribution in [0.2, 0.25) is 0 Å². The van der Waals surface area contributed by atoms with Gasteiger partial charge in [-0.05, 0) is 24.6 Å². The van der Waals surface area contributed by atoms with E-state index in [0.717, 1.165) is 11.1 Å². The molecule has 0 spiro atoms. The van der Waals surface area contributed by atoms with Gasteiger partial charge in [0, 0.05) is 18.8 Å². The standard InChI is InChI=1S/C17H17N3O/c1-14(13-15-7-3-2-4-8-15)10-12-19-20-17(21)16-9-5-6-11-18-16/h2-9,11-13H,10H2,1H3,(H,20,21)/b14-13+,19-12+. The summed E-state index contributed by atoms with van der Waals surface area (Å²) in [6, 6.07) is 15.2. The van der Waals surface area contributed by atoms with Crippen molar-refractivity contribution in [2.75, 3.05) is 0 Å². The van der Waals surface area contributed by atoms with E-state index >= 15 is 0 Å². The Morgan fingerprint density at radius 2 is 1.95 bits per heavy atom. The first kappa shape index (κ1) is 14.7. The fourth-order valence-electron chi connectivity index (χ4n) is 1.74. The summed E-state index contributed by atoms with van der Waals surface area (Å²) in [5.41, 5.74) is 5.13. The Kier molecular flexibility index (Phi) is 5.41. The van der Waals surface area contributed by atoms with Gasteiger partial charge in [-0.2, -0.15) is 5.10 Å². The van der Waals surface area contributed by atoms with Crippen LogP contribution in [0.5, 0.6) is 0 Å². The lowest BCUT2D eigenvalue weighted by molar-refractivity contribution is 0.0950. The Bertz CT molecular complexity index is 634. The summed E-state index contributed by atoms with van der Waals surface area (Å²) in [5.74, 6) is -0.309. The van der Waals surface area contributed by atoms with Gasteiger partial charge in [0.25, 0.3) is 5.91 Å². The zero-order valence-corrected chi connectivity index (χ0v) is 11.9. The van der Waals surface area contributed by atoms with E-state index in [9.17, 15) is 4.79 Å². The van der Waals surface area contributed by atoms with E-state index < -0.39 is 0 Å². The number of carbonyl (C=O) groups excluding carboxylic acids is 1. The lowest BCUT2D eigenvalue weighted by Gasteiger charge is -1.99. The quantitative estimate of drug-likeness (QED) is 0.674. The Balaban J connectivity index is 1.83. The predicted octanol–water partition coefficient (Wildman–Crippen LogP) is 3.29. The van der Waals surface area contributed by atoms with E-state index in [1.807, 2.05) is 37.3 Å². The highest BCUT2D eigenvalue weighted by Crippen LogP contribution is 2.07. The van der Waals surface area contributed by atoms with E-state index in [4.69, 9.17) is 0 Å². The van der Waals surface area contributed by atoms with E-state index in [0.29, 0.717) is 12.1 Å². The molecule has 106 valence electrons.